The molecule has 0 atom stereocenters. The Hall–Kier alpha value is -2.97. The minimum Gasteiger partial charge on any atom is -0.393 e. The number of aliphatic hydroxyl groups excluding tert-OH is 1. The van der Waals surface area contributed by atoms with Gasteiger partial charge in [-0.15, -0.1) is 0 Å². The van der Waals surface area contributed by atoms with E-state index in [4.69, 9.17) is 4.98 Å². The van der Waals surface area contributed by atoms with Gasteiger partial charge in [-0.25, -0.2) is 13.4 Å². The number of nitrogens with zero attached hydrogens (tertiary/aromatic N) is 3. The Balaban J connectivity index is 1.67. The number of piperidine rings is 1. The van der Waals surface area contributed by atoms with E-state index in [1.165, 1.54) is 6.26 Å². The standard InChI is InChI=1S/C22H24N4O3S/c1-30(28,29)19-9-7-17(8-10-19)23-21-15-20(16-5-3-2-4-6-16)24-22(25-21)26-13-11-18(27)12-14-26/h2-10,15,18,27H,11-14H2,1H3,(H,23,24,25). The van der Waals surface area contributed by atoms with Crippen LogP contribution >= 0.6 is 0 Å². The zero-order valence-corrected chi connectivity index (χ0v) is 17.5. The summed E-state index contributed by atoms with van der Waals surface area (Å²) in [6.45, 7) is 1.39. The normalized spacial score (nSPS) is 15.2. The van der Waals surface area contributed by atoms with E-state index >= 15 is 0 Å². The number of aliphatic hydroxyl groups is 1. The number of benzene rings is 2. The Morgan fingerprint density at radius 1 is 1.00 bits per heavy atom. The van der Waals surface area contributed by atoms with Crippen LogP contribution in [0.5, 0.6) is 0 Å². The van der Waals surface area contributed by atoms with Crippen LogP contribution in [-0.2, 0) is 9.84 Å². The second kappa shape index (κ2) is 8.41. The first kappa shape index (κ1) is 20.3. The molecule has 8 heteroatoms. The third kappa shape index (κ3) is 4.77. The SMILES string of the molecule is CS(=O)(=O)c1ccc(Nc2cc(-c3ccccc3)nc(N3CCC(O)CC3)n2)cc1. The summed E-state index contributed by atoms with van der Waals surface area (Å²) in [5.74, 6) is 1.23. The Morgan fingerprint density at radius 2 is 1.67 bits per heavy atom. The highest BCUT2D eigenvalue weighted by Crippen LogP contribution is 2.26. The monoisotopic (exact) mass is 424 g/mol. The lowest BCUT2D eigenvalue weighted by Crippen LogP contribution is -2.37. The highest BCUT2D eigenvalue weighted by Gasteiger charge is 2.20. The van der Waals surface area contributed by atoms with E-state index in [2.05, 4.69) is 15.2 Å². The van der Waals surface area contributed by atoms with Crippen molar-refractivity contribution in [1.29, 1.82) is 0 Å². The van der Waals surface area contributed by atoms with E-state index in [0.717, 1.165) is 16.9 Å². The fourth-order valence-corrected chi connectivity index (χ4v) is 4.03. The van der Waals surface area contributed by atoms with Crippen molar-refractivity contribution in [2.24, 2.45) is 0 Å². The maximum Gasteiger partial charge on any atom is 0.227 e. The molecule has 4 rings (SSSR count). The molecule has 1 saturated heterocycles. The van der Waals surface area contributed by atoms with Crippen molar-refractivity contribution in [2.75, 3.05) is 29.6 Å². The summed E-state index contributed by atoms with van der Waals surface area (Å²) in [6.07, 6.45) is 2.29. The molecule has 0 bridgehead atoms. The molecule has 2 heterocycles. The Bertz CT molecular complexity index is 1110. The van der Waals surface area contributed by atoms with Crippen molar-refractivity contribution in [3.8, 4) is 11.3 Å². The summed E-state index contributed by atoms with van der Waals surface area (Å²) in [5.41, 5.74) is 2.51. The van der Waals surface area contributed by atoms with E-state index in [1.54, 1.807) is 24.3 Å². The van der Waals surface area contributed by atoms with E-state index in [-0.39, 0.29) is 11.0 Å². The number of hydrogen-bond donors (Lipinski definition) is 2. The Kier molecular flexibility index (Phi) is 5.69. The van der Waals surface area contributed by atoms with Gasteiger partial charge in [0.1, 0.15) is 5.82 Å². The van der Waals surface area contributed by atoms with Crippen LogP contribution in [0.25, 0.3) is 11.3 Å². The van der Waals surface area contributed by atoms with Gasteiger partial charge in [0.05, 0.1) is 16.7 Å². The minimum atomic E-state index is -3.24. The molecule has 0 radical (unpaired) electrons. The summed E-state index contributed by atoms with van der Waals surface area (Å²) in [6, 6.07) is 18.3. The van der Waals surface area contributed by atoms with Gasteiger partial charge in [0.2, 0.25) is 5.95 Å². The third-order valence-electron chi connectivity index (χ3n) is 5.09. The fourth-order valence-electron chi connectivity index (χ4n) is 3.40. The molecule has 2 aromatic carbocycles. The molecule has 0 amide bonds. The zero-order valence-electron chi connectivity index (χ0n) is 16.7. The second-order valence-corrected chi connectivity index (χ2v) is 9.46. The van der Waals surface area contributed by atoms with E-state index in [9.17, 15) is 13.5 Å². The van der Waals surface area contributed by atoms with Crippen LogP contribution in [-0.4, -0.2) is 48.9 Å². The zero-order chi connectivity index (χ0) is 21.1. The lowest BCUT2D eigenvalue weighted by molar-refractivity contribution is 0.145. The van der Waals surface area contributed by atoms with Gasteiger partial charge in [0.25, 0.3) is 0 Å². The predicted octanol–water partition coefficient (Wildman–Crippen LogP) is 3.25. The number of nitrogens with one attached hydrogen (secondary N) is 1. The van der Waals surface area contributed by atoms with Crippen molar-refractivity contribution in [3.05, 3.63) is 60.7 Å². The van der Waals surface area contributed by atoms with Crippen LogP contribution in [0.15, 0.2) is 65.6 Å². The lowest BCUT2D eigenvalue weighted by Gasteiger charge is -2.30. The number of aromatic nitrogens is 2. The van der Waals surface area contributed by atoms with Gasteiger partial charge >= 0.3 is 0 Å². The van der Waals surface area contributed by atoms with Crippen molar-refractivity contribution in [2.45, 2.75) is 23.8 Å². The lowest BCUT2D eigenvalue weighted by atomic mass is 10.1. The van der Waals surface area contributed by atoms with Gasteiger partial charge in [-0.1, -0.05) is 30.3 Å². The Labute approximate surface area is 176 Å². The fraction of sp³-hybridized carbons (Fsp3) is 0.273. The first-order valence-electron chi connectivity index (χ1n) is 9.83. The van der Waals surface area contributed by atoms with E-state index in [0.29, 0.717) is 37.7 Å². The molecular formula is C22H24N4O3S. The predicted molar refractivity (Wildman–Crippen MR) is 118 cm³/mol. The van der Waals surface area contributed by atoms with Gasteiger partial charge in [-0.3, -0.25) is 0 Å². The van der Waals surface area contributed by atoms with Gasteiger partial charge in [0, 0.05) is 36.7 Å². The summed E-state index contributed by atoms with van der Waals surface area (Å²) < 4.78 is 23.4. The highest BCUT2D eigenvalue weighted by molar-refractivity contribution is 7.90. The van der Waals surface area contributed by atoms with Crippen LogP contribution in [0.4, 0.5) is 17.5 Å². The maximum atomic E-state index is 11.7. The van der Waals surface area contributed by atoms with Crippen molar-refractivity contribution < 1.29 is 13.5 Å². The number of sulfone groups is 1. The molecule has 0 spiro atoms. The van der Waals surface area contributed by atoms with Crippen LogP contribution in [0.1, 0.15) is 12.8 Å². The van der Waals surface area contributed by atoms with Crippen molar-refractivity contribution in [1.82, 2.24) is 9.97 Å². The number of hydrogen-bond acceptors (Lipinski definition) is 7. The van der Waals surface area contributed by atoms with Crippen LogP contribution < -0.4 is 10.2 Å². The third-order valence-corrected chi connectivity index (χ3v) is 6.21. The molecule has 0 saturated carbocycles. The largest absolute Gasteiger partial charge is 0.393 e. The van der Waals surface area contributed by atoms with Gasteiger partial charge < -0.3 is 15.3 Å². The molecule has 0 unspecified atom stereocenters. The molecule has 7 nitrogen and oxygen atoms in total. The van der Waals surface area contributed by atoms with Crippen LogP contribution in [0.2, 0.25) is 0 Å². The van der Waals surface area contributed by atoms with Gasteiger partial charge in [-0.2, -0.15) is 4.98 Å². The maximum absolute atomic E-state index is 11.7. The molecule has 1 fully saturated rings. The van der Waals surface area contributed by atoms with Gasteiger partial charge in [0.15, 0.2) is 9.84 Å². The van der Waals surface area contributed by atoms with Gasteiger partial charge in [-0.05, 0) is 37.1 Å². The molecule has 30 heavy (non-hydrogen) atoms. The van der Waals surface area contributed by atoms with Crippen LogP contribution in [0, 0.1) is 0 Å². The molecular weight excluding hydrogens is 400 g/mol. The summed E-state index contributed by atoms with van der Waals surface area (Å²) >= 11 is 0. The number of rotatable bonds is 5. The molecule has 156 valence electrons. The second-order valence-electron chi connectivity index (χ2n) is 7.44. The average Bonchev–Trinajstić information content (AvgIpc) is 2.74. The average molecular weight is 425 g/mol. The molecule has 0 aliphatic carbocycles. The van der Waals surface area contributed by atoms with E-state index in [1.807, 2.05) is 36.4 Å². The molecule has 3 aromatic rings. The van der Waals surface area contributed by atoms with E-state index < -0.39 is 9.84 Å². The first-order chi connectivity index (χ1) is 14.4. The van der Waals surface area contributed by atoms with Crippen molar-refractivity contribution >= 4 is 27.3 Å². The summed E-state index contributed by atoms with van der Waals surface area (Å²) in [4.78, 5) is 11.8. The molecule has 1 aliphatic rings. The quantitative estimate of drug-likeness (QED) is 0.649. The summed E-state index contributed by atoms with van der Waals surface area (Å²) in [7, 11) is -3.24. The molecule has 1 aromatic heterocycles. The number of anilines is 3. The first-order valence-corrected chi connectivity index (χ1v) is 11.7. The topological polar surface area (TPSA) is 95.4 Å². The highest BCUT2D eigenvalue weighted by atomic mass is 32.2. The smallest absolute Gasteiger partial charge is 0.227 e. The summed E-state index contributed by atoms with van der Waals surface area (Å²) in [5, 5.41) is 13.1. The van der Waals surface area contributed by atoms with Crippen molar-refractivity contribution in [3.63, 3.8) is 0 Å². The minimum absolute atomic E-state index is 0.272. The molecule has 2 N–H and O–H groups in total. The molecule has 1 aliphatic heterocycles. The Morgan fingerprint density at radius 3 is 2.30 bits per heavy atom. The van der Waals surface area contributed by atoms with Crippen LogP contribution in [0.3, 0.4) is 0 Å².